The van der Waals surface area contributed by atoms with Gasteiger partial charge in [0.15, 0.2) is 0 Å². The van der Waals surface area contributed by atoms with Crippen molar-refractivity contribution in [1.29, 1.82) is 0 Å². The van der Waals surface area contributed by atoms with Gasteiger partial charge >= 0.3 is 0 Å². The predicted molar refractivity (Wildman–Crippen MR) is 60.5 cm³/mol. The number of aliphatic hydroxyl groups is 1. The van der Waals surface area contributed by atoms with E-state index in [9.17, 15) is 12.8 Å². The van der Waals surface area contributed by atoms with E-state index in [0.29, 0.717) is 0 Å². The molecule has 7 heteroatoms. The third-order valence-corrected chi connectivity index (χ3v) is 3.45. The van der Waals surface area contributed by atoms with E-state index in [0.717, 1.165) is 6.07 Å². The maximum Gasteiger partial charge on any atom is 0.232 e. The number of aliphatic hydroxyl groups excluding tert-OH is 1. The van der Waals surface area contributed by atoms with Crippen LogP contribution in [0, 0.1) is 5.82 Å². The smallest absolute Gasteiger partial charge is 0.232 e. The predicted octanol–water partition coefficient (Wildman–Crippen LogP) is 1.60. The molecule has 1 aromatic carbocycles. The van der Waals surface area contributed by atoms with E-state index in [-0.39, 0.29) is 29.5 Å². The van der Waals surface area contributed by atoms with Gasteiger partial charge in [0.1, 0.15) is 11.5 Å². The standard InChI is InChI=1S/C9H11ClFNO3S/c10-7-3-1-4-8(11)9(7)12-16(14,15)6-2-5-13/h1,3-4,12-13H,2,5-6H2. The molecule has 1 aromatic rings. The van der Waals surface area contributed by atoms with Crippen molar-refractivity contribution >= 4 is 27.3 Å². The second-order valence-electron chi connectivity index (χ2n) is 3.09. The summed E-state index contributed by atoms with van der Waals surface area (Å²) in [6.45, 7) is -0.244. The van der Waals surface area contributed by atoms with Gasteiger partial charge in [-0.1, -0.05) is 17.7 Å². The lowest BCUT2D eigenvalue weighted by Crippen LogP contribution is -2.18. The summed E-state index contributed by atoms with van der Waals surface area (Å²) < 4.78 is 38.1. The third kappa shape index (κ3) is 3.62. The summed E-state index contributed by atoms with van der Waals surface area (Å²) in [5.74, 6) is -1.02. The maximum absolute atomic E-state index is 13.2. The van der Waals surface area contributed by atoms with Gasteiger partial charge in [0.2, 0.25) is 10.0 Å². The van der Waals surface area contributed by atoms with Crippen LogP contribution in [0.2, 0.25) is 5.02 Å². The zero-order valence-corrected chi connectivity index (χ0v) is 9.85. The van der Waals surface area contributed by atoms with Gasteiger partial charge in [-0.2, -0.15) is 0 Å². The van der Waals surface area contributed by atoms with Crippen molar-refractivity contribution in [2.24, 2.45) is 0 Å². The fourth-order valence-corrected chi connectivity index (χ4v) is 2.45. The zero-order chi connectivity index (χ0) is 12.2. The van der Waals surface area contributed by atoms with Gasteiger partial charge in [-0.25, -0.2) is 12.8 Å². The normalized spacial score (nSPS) is 11.4. The molecule has 0 aliphatic rings. The van der Waals surface area contributed by atoms with Crippen molar-refractivity contribution in [3.63, 3.8) is 0 Å². The second kappa shape index (κ2) is 5.47. The minimum atomic E-state index is -3.68. The van der Waals surface area contributed by atoms with Gasteiger partial charge in [0.05, 0.1) is 10.8 Å². The molecule has 0 saturated carbocycles. The molecule has 2 N–H and O–H groups in total. The molecule has 1 rings (SSSR count). The van der Waals surface area contributed by atoms with E-state index in [1.54, 1.807) is 0 Å². The molecule has 0 radical (unpaired) electrons. The Bertz CT molecular complexity index is 444. The molecular formula is C9H11ClFNO3S. The summed E-state index contributed by atoms with van der Waals surface area (Å²) in [4.78, 5) is 0. The van der Waals surface area contributed by atoms with E-state index in [4.69, 9.17) is 16.7 Å². The Kier molecular flexibility index (Phi) is 4.52. The summed E-state index contributed by atoms with van der Waals surface area (Å²) in [7, 11) is -3.68. The molecule has 16 heavy (non-hydrogen) atoms. The van der Waals surface area contributed by atoms with Crippen molar-refractivity contribution in [2.45, 2.75) is 6.42 Å². The molecule has 0 amide bonds. The highest BCUT2D eigenvalue weighted by Crippen LogP contribution is 2.25. The van der Waals surface area contributed by atoms with E-state index in [2.05, 4.69) is 0 Å². The Balaban J connectivity index is 2.88. The number of hydrogen-bond donors (Lipinski definition) is 2. The van der Waals surface area contributed by atoms with Crippen molar-refractivity contribution in [2.75, 3.05) is 17.1 Å². The number of sulfonamides is 1. The molecule has 0 spiro atoms. The Morgan fingerprint density at radius 1 is 1.44 bits per heavy atom. The zero-order valence-electron chi connectivity index (χ0n) is 8.28. The number of benzene rings is 1. The molecule has 90 valence electrons. The highest BCUT2D eigenvalue weighted by atomic mass is 35.5. The molecule has 0 heterocycles. The van der Waals surface area contributed by atoms with Gasteiger partial charge in [0, 0.05) is 6.61 Å². The second-order valence-corrected chi connectivity index (χ2v) is 5.34. The Labute approximate surface area is 98.1 Å². The lowest BCUT2D eigenvalue weighted by Gasteiger charge is -2.09. The van der Waals surface area contributed by atoms with Crippen molar-refractivity contribution in [3.8, 4) is 0 Å². The molecule has 0 aromatic heterocycles. The topological polar surface area (TPSA) is 66.4 Å². The van der Waals surface area contributed by atoms with Crippen LogP contribution < -0.4 is 4.72 Å². The Hall–Kier alpha value is -0.850. The number of nitrogens with one attached hydrogen (secondary N) is 1. The van der Waals surface area contributed by atoms with Crippen LogP contribution in [0.25, 0.3) is 0 Å². The van der Waals surface area contributed by atoms with Crippen LogP contribution in [0.3, 0.4) is 0 Å². The number of rotatable bonds is 5. The van der Waals surface area contributed by atoms with Crippen LogP contribution in [-0.4, -0.2) is 25.9 Å². The Morgan fingerprint density at radius 3 is 2.69 bits per heavy atom. The molecule has 0 aliphatic heterocycles. The first kappa shape index (κ1) is 13.2. The first-order valence-electron chi connectivity index (χ1n) is 4.51. The van der Waals surface area contributed by atoms with Crippen LogP contribution in [0.15, 0.2) is 18.2 Å². The monoisotopic (exact) mass is 267 g/mol. The number of hydrogen-bond acceptors (Lipinski definition) is 3. The molecule has 0 saturated heterocycles. The Morgan fingerprint density at radius 2 is 2.12 bits per heavy atom. The largest absolute Gasteiger partial charge is 0.396 e. The molecule has 0 aliphatic carbocycles. The van der Waals surface area contributed by atoms with Gasteiger partial charge in [0.25, 0.3) is 0 Å². The quantitative estimate of drug-likeness (QED) is 0.852. The van der Waals surface area contributed by atoms with Gasteiger partial charge in [-0.3, -0.25) is 4.72 Å². The lowest BCUT2D eigenvalue weighted by atomic mass is 10.3. The van der Waals surface area contributed by atoms with Crippen LogP contribution in [-0.2, 0) is 10.0 Å². The molecule has 0 fully saturated rings. The summed E-state index contributed by atoms with van der Waals surface area (Å²) in [5.41, 5.74) is -0.262. The molecule has 0 atom stereocenters. The van der Waals surface area contributed by atoms with Crippen LogP contribution >= 0.6 is 11.6 Å². The van der Waals surface area contributed by atoms with E-state index >= 15 is 0 Å². The summed E-state index contributed by atoms with van der Waals surface area (Å²) in [6.07, 6.45) is 0.0847. The van der Waals surface area contributed by atoms with Gasteiger partial charge < -0.3 is 5.11 Å². The van der Waals surface area contributed by atoms with E-state index < -0.39 is 15.8 Å². The highest BCUT2D eigenvalue weighted by molar-refractivity contribution is 7.92. The third-order valence-electron chi connectivity index (χ3n) is 1.79. The average molecular weight is 268 g/mol. The summed E-state index contributed by atoms with van der Waals surface area (Å²) >= 11 is 5.65. The number of para-hydroxylation sites is 1. The minimum Gasteiger partial charge on any atom is -0.396 e. The van der Waals surface area contributed by atoms with E-state index in [1.165, 1.54) is 12.1 Å². The van der Waals surface area contributed by atoms with Gasteiger partial charge in [-0.05, 0) is 18.6 Å². The maximum atomic E-state index is 13.2. The van der Waals surface area contributed by atoms with Crippen molar-refractivity contribution < 1.29 is 17.9 Å². The molecular weight excluding hydrogens is 257 g/mol. The van der Waals surface area contributed by atoms with Crippen LogP contribution in [0.5, 0.6) is 0 Å². The first-order chi connectivity index (χ1) is 7.46. The average Bonchev–Trinajstić information content (AvgIpc) is 2.21. The summed E-state index contributed by atoms with van der Waals surface area (Å²) in [6, 6.07) is 3.87. The van der Waals surface area contributed by atoms with Crippen LogP contribution in [0.1, 0.15) is 6.42 Å². The number of halogens is 2. The van der Waals surface area contributed by atoms with Crippen molar-refractivity contribution in [3.05, 3.63) is 29.0 Å². The fraction of sp³-hybridized carbons (Fsp3) is 0.333. The first-order valence-corrected chi connectivity index (χ1v) is 6.54. The van der Waals surface area contributed by atoms with Gasteiger partial charge in [-0.15, -0.1) is 0 Å². The molecule has 0 bridgehead atoms. The lowest BCUT2D eigenvalue weighted by molar-refractivity contribution is 0.295. The minimum absolute atomic E-state index is 0.00688. The summed E-state index contributed by atoms with van der Waals surface area (Å²) in [5, 5.41) is 8.51. The SMILES string of the molecule is O=S(=O)(CCCO)Nc1c(F)cccc1Cl. The van der Waals surface area contributed by atoms with Crippen molar-refractivity contribution in [1.82, 2.24) is 0 Å². The molecule has 4 nitrogen and oxygen atoms in total. The van der Waals surface area contributed by atoms with E-state index in [1.807, 2.05) is 4.72 Å². The molecule has 0 unspecified atom stereocenters. The van der Waals surface area contributed by atoms with Crippen LogP contribution in [0.4, 0.5) is 10.1 Å². The number of anilines is 1. The fourth-order valence-electron chi connectivity index (χ4n) is 1.06. The highest BCUT2D eigenvalue weighted by Gasteiger charge is 2.15.